The molecule has 1 aliphatic rings. The molecule has 2 atom stereocenters. The lowest BCUT2D eigenvalue weighted by Crippen LogP contribution is -2.25. The maximum atomic E-state index is 11.5. The number of nitrogens with zero attached hydrogens (tertiary/aromatic N) is 1. The van der Waals surface area contributed by atoms with Crippen molar-refractivity contribution in [3.05, 3.63) is 35.8 Å². The van der Waals surface area contributed by atoms with E-state index < -0.39 is 0 Å². The number of thiazole rings is 1. The van der Waals surface area contributed by atoms with Crippen LogP contribution in [0.15, 0.2) is 35.8 Å². The lowest BCUT2D eigenvalue weighted by atomic mass is 10.0. The van der Waals surface area contributed by atoms with E-state index in [2.05, 4.69) is 10.3 Å². The van der Waals surface area contributed by atoms with E-state index in [4.69, 9.17) is 14.2 Å². The van der Waals surface area contributed by atoms with E-state index in [0.29, 0.717) is 24.5 Å². The molecule has 0 spiro atoms. The van der Waals surface area contributed by atoms with Gasteiger partial charge in [0.1, 0.15) is 11.9 Å². The van der Waals surface area contributed by atoms with Crippen LogP contribution in [0.5, 0.6) is 17.2 Å². The summed E-state index contributed by atoms with van der Waals surface area (Å²) in [6.07, 6.45) is 0.424. The molecule has 1 saturated heterocycles. The highest BCUT2D eigenvalue weighted by atomic mass is 32.1. The first kappa shape index (κ1) is 18.6. The molecule has 1 fully saturated rings. The molecule has 7 heteroatoms. The van der Waals surface area contributed by atoms with Crippen molar-refractivity contribution in [1.82, 2.24) is 10.3 Å². The minimum absolute atomic E-state index is 0.0788. The standard InChI is InChI=1S/C21H22N2O4S/c1-12(15-9-20(24)22-10-15)27-19-8-14(6-16-21(19)28-11-23-16)13-4-5-17(25-2)18(7-13)26-3/h4-8,11-12,15H,9-10H2,1-3H3,(H,22,24)/t12-,15-/m1/s1. The molecule has 1 N–H and O–H groups in total. The Hall–Kier alpha value is -2.80. The van der Waals surface area contributed by atoms with Crippen molar-refractivity contribution in [3.63, 3.8) is 0 Å². The lowest BCUT2D eigenvalue weighted by Gasteiger charge is -2.20. The fourth-order valence-corrected chi connectivity index (χ4v) is 4.19. The van der Waals surface area contributed by atoms with Gasteiger partial charge in [-0.15, -0.1) is 11.3 Å². The number of carbonyl (C=O) groups is 1. The van der Waals surface area contributed by atoms with Gasteiger partial charge in [-0.05, 0) is 42.3 Å². The molecule has 2 aromatic carbocycles. The number of fused-ring (bicyclic) bond motifs is 1. The molecule has 3 aromatic rings. The van der Waals surface area contributed by atoms with Gasteiger partial charge in [0.15, 0.2) is 11.5 Å². The van der Waals surface area contributed by atoms with Gasteiger partial charge in [0.2, 0.25) is 5.91 Å². The van der Waals surface area contributed by atoms with Gasteiger partial charge in [-0.2, -0.15) is 0 Å². The van der Waals surface area contributed by atoms with Crippen LogP contribution in [0.1, 0.15) is 13.3 Å². The van der Waals surface area contributed by atoms with Crippen LogP contribution in [0.2, 0.25) is 0 Å². The van der Waals surface area contributed by atoms with E-state index >= 15 is 0 Å². The third-order valence-corrected chi connectivity index (χ3v) is 5.96. The Bertz CT molecular complexity index is 1020. The monoisotopic (exact) mass is 398 g/mol. The molecule has 0 aliphatic carbocycles. The topological polar surface area (TPSA) is 69.7 Å². The Kier molecular flexibility index (Phi) is 5.09. The van der Waals surface area contributed by atoms with E-state index in [-0.39, 0.29) is 17.9 Å². The highest BCUT2D eigenvalue weighted by Gasteiger charge is 2.28. The van der Waals surface area contributed by atoms with E-state index in [1.54, 1.807) is 25.6 Å². The molecule has 6 nitrogen and oxygen atoms in total. The number of rotatable bonds is 6. The van der Waals surface area contributed by atoms with Crippen molar-refractivity contribution in [2.45, 2.75) is 19.4 Å². The Morgan fingerprint density at radius 3 is 2.61 bits per heavy atom. The zero-order valence-electron chi connectivity index (χ0n) is 16.0. The zero-order chi connectivity index (χ0) is 19.7. The quantitative estimate of drug-likeness (QED) is 0.682. The molecule has 1 amide bonds. The van der Waals surface area contributed by atoms with Crippen LogP contribution in [-0.2, 0) is 4.79 Å². The SMILES string of the molecule is COc1ccc(-c2cc(O[C@H](C)[C@H]3CNC(=O)C3)c3scnc3c2)cc1OC. The second-order valence-corrected chi connectivity index (χ2v) is 7.69. The third-order valence-electron chi connectivity index (χ3n) is 5.10. The van der Waals surface area contributed by atoms with E-state index in [1.165, 1.54) is 0 Å². The van der Waals surface area contributed by atoms with Crippen molar-refractivity contribution in [2.24, 2.45) is 5.92 Å². The summed E-state index contributed by atoms with van der Waals surface area (Å²) < 4.78 is 18.1. The molecule has 4 rings (SSSR count). The average molecular weight is 398 g/mol. The van der Waals surface area contributed by atoms with Gasteiger partial charge in [-0.3, -0.25) is 4.79 Å². The highest BCUT2D eigenvalue weighted by Crippen LogP contribution is 2.38. The van der Waals surface area contributed by atoms with Gasteiger partial charge in [0.05, 0.1) is 29.9 Å². The molecule has 1 aliphatic heterocycles. The van der Waals surface area contributed by atoms with Crippen LogP contribution in [0.25, 0.3) is 21.3 Å². The fraction of sp³-hybridized carbons (Fsp3) is 0.333. The van der Waals surface area contributed by atoms with E-state index in [9.17, 15) is 4.79 Å². The predicted molar refractivity (Wildman–Crippen MR) is 109 cm³/mol. The smallest absolute Gasteiger partial charge is 0.220 e. The van der Waals surface area contributed by atoms with Gasteiger partial charge in [-0.1, -0.05) is 6.07 Å². The number of benzene rings is 2. The first-order valence-electron chi connectivity index (χ1n) is 9.12. The van der Waals surface area contributed by atoms with Crippen molar-refractivity contribution in [2.75, 3.05) is 20.8 Å². The molecule has 2 heterocycles. The molecule has 0 radical (unpaired) electrons. The molecule has 0 bridgehead atoms. The summed E-state index contributed by atoms with van der Waals surface area (Å²) >= 11 is 1.55. The predicted octanol–water partition coefficient (Wildman–Crippen LogP) is 3.88. The first-order valence-corrected chi connectivity index (χ1v) is 10.00. The van der Waals surface area contributed by atoms with Crippen LogP contribution in [0.4, 0.5) is 0 Å². The van der Waals surface area contributed by atoms with Crippen LogP contribution in [0.3, 0.4) is 0 Å². The summed E-state index contributed by atoms with van der Waals surface area (Å²) in [5, 5.41) is 2.87. The lowest BCUT2D eigenvalue weighted by molar-refractivity contribution is -0.119. The van der Waals surface area contributed by atoms with Gasteiger partial charge in [0.25, 0.3) is 0 Å². The summed E-state index contributed by atoms with van der Waals surface area (Å²) in [6.45, 7) is 2.67. The van der Waals surface area contributed by atoms with Crippen molar-refractivity contribution in [3.8, 4) is 28.4 Å². The van der Waals surface area contributed by atoms with Crippen molar-refractivity contribution >= 4 is 27.5 Å². The molecule has 28 heavy (non-hydrogen) atoms. The van der Waals surface area contributed by atoms with Crippen LogP contribution >= 0.6 is 11.3 Å². The summed E-state index contributed by atoms with van der Waals surface area (Å²) in [4.78, 5) is 16.0. The highest BCUT2D eigenvalue weighted by molar-refractivity contribution is 7.17. The average Bonchev–Trinajstić information content (AvgIpc) is 3.36. The Morgan fingerprint density at radius 2 is 1.89 bits per heavy atom. The van der Waals surface area contributed by atoms with Gasteiger partial charge in [-0.25, -0.2) is 4.98 Å². The Morgan fingerprint density at radius 1 is 1.11 bits per heavy atom. The number of hydrogen-bond acceptors (Lipinski definition) is 6. The maximum absolute atomic E-state index is 11.5. The largest absolute Gasteiger partial charge is 0.493 e. The van der Waals surface area contributed by atoms with Crippen LogP contribution in [0, 0.1) is 5.92 Å². The summed E-state index contributed by atoms with van der Waals surface area (Å²) in [6, 6.07) is 9.90. The first-order chi connectivity index (χ1) is 13.6. The fourth-order valence-electron chi connectivity index (χ4n) is 3.46. The van der Waals surface area contributed by atoms with E-state index in [1.807, 2.05) is 42.8 Å². The number of aromatic nitrogens is 1. The number of carbonyl (C=O) groups excluding carboxylic acids is 1. The molecule has 0 unspecified atom stereocenters. The Balaban J connectivity index is 1.70. The summed E-state index contributed by atoms with van der Waals surface area (Å²) in [5.74, 6) is 2.40. The van der Waals surface area contributed by atoms with Crippen molar-refractivity contribution < 1.29 is 19.0 Å². The van der Waals surface area contributed by atoms with Gasteiger partial charge < -0.3 is 19.5 Å². The molecule has 1 aromatic heterocycles. The molecule has 146 valence electrons. The van der Waals surface area contributed by atoms with Crippen LogP contribution < -0.4 is 19.5 Å². The van der Waals surface area contributed by atoms with Gasteiger partial charge >= 0.3 is 0 Å². The molecular formula is C21H22N2O4S. The molecule has 0 saturated carbocycles. The van der Waals surface area contributed by atoms with Gasteiger partial charge in [0, 0.05) is 18.9 Å². The summed E-state index contributed by atoms with van der Waals surface area (Å²) in [7, 11) is 3.24. The van der Waals surface area contributed by atoms with E-state index in [0.717, 1.165) is 27.1 Å². The third kappa shape index (κ3) is 3.49. The van der Waals surface area contributed by atoms with Crippen LogP contribution in [-0.4, -0.2) is 37.8 Å². The second kappa shape index (κ2) is 7.67. The number of ether oxygens (including phenoxy) is 3. The second-order valence-electron chi connectivity index (χ2n) is 6.84. The summed E-state index contributed by atoms with van der Waals surface area (Å²) in [5.41, 5.74) is 4.69. The Labute approximate surface area is 167 Å². The number of methoxy groups -OCH3 is 2. The molecular weight excluding hydrogens is 376 g/mol. The minimum Gasteiger partial charge on any atom is -0.493 e. The number of nitrogens with one attached hydrogen (secondary N) is 1. The minimum atomic E-state index is -0.0788. The maximum Gasteiger partial charge on any atom is 0.220 e. The number of hydrogen-bond donors (Lipinski definition) is 1. The zero-order valence-corrected chi connectivity index (χ0v) is 16.8. The number of amides is 1. The normalized spacial score (nSPS) is 17.4. The van der Waals surface area contributed by atoms with Crippen molar-refractivity contribution in [1.29, 1.82) is 0 Å².